The fraction of sp³-hybridized carbons (Fsp3) is 0.102. The lowest BCUT2D eigenvalue weighted by atomic mass is 9.67. The van der Waals surface area contributed by atoms with Gasteiger partial charge in [-0.3, -0.25) is 0 Å². The molecule has 0 fully saturated rings. The molecule has 2 aliphatic carbocycles. The van der Waals surface area contributed by atoms with Crippen molar-refractivity contribution < 1.29 is 37.2 Å². The Bertz CT molecular complexity index is 5160. The Kier molecular flexibility index (Phi) is 19.7. The molecule has 14 aromatic carbocycles. The number of rotatable bonds is 27. The van der Waals surface area contributed by atoms with Crippen LogP contribution in [0.4, 0.5) is 42.9 Å². The van der Waals surface area contributed by atoms with Gasteiger partial charge in [-0.05, 0) is 273 Å². The molecule has 0 saturated carbocycles. The van der Waals surface area contributed by atoms with Gasteiger partial charge >= 0.3 is 0 Å². The third-order valence-corrected chi connectivity index (χ3v) is 20.6. The Hall–Kier alpha value is -12.9. The van der Waals surface area contributed by atoms with E-state index in [1.807, 2.05) is 147 Å². The van der Waals surface area contributed by atoms with Crippen LogP contribution in [0, 0.1) is 11.6 Å². The zero-order valence-electron chi connectivity index (χ0n) is 60.1. The van der Waals surface area contributed by atoms with Gasteiger partial charge in [0.25, 0.3) is 0 Å². The summed E-state index contributed by atoms with van der Waals surface area (Å²) in [5.41, 5.74) is 20.5. The van der Waals surface area contributed by atoms with Gasteiger partial charge in [-0.15, -0.1) is 0 Å². The molecule has 8 nitrogen and oxygen atoms in total. The minimum atomic E-state index is -0.819. The van der Waals surface area contributed by atoms with Gasteiger partial charge in [0.05, 0.1) is 24.0 Å². The number of hydrogen-bond acceptors (Lipinski definition) is 8. The Balaban J connectivity index is 0.762. The molecule has 0 aromatic heterocycles. The van der Waals surface area contributed by atoms with Crippen molar-refractivity contribution in [2.45, 2.75) is 24.7 Å². The number of fused-ring (bicyclic) bond motifs is 6. The Morgan fingerprint density at radius 2 is 0.583 bits per heavy atom. The lowest BCUT2D eigenvalue weighted by molar-refractivity contribution is 0.110. The SMILES string of the molecule is C=Cc1ccc(Oc2ccc(C3(c4ccc(OCCOCC)cc4)c4ccccc4-c4ccc(N(c5ccc(F)cc5)c5ccc(-c6ccc(N(c7ccc(F)cc7)c7ccc8c(c7)C(c7ccc(OCCOCC)cc7)(c7ccc(Oc9ccc(C=C)cc9)cc7)c7ccccc7-8)cc6)cc5)cc43)cc2)cc1. The van der Waals surface area contributed by atoms with Gasteiger partial charge in [-0.25, -0.2) is 8.78 Å². The predicted octanol–water partition coefficient (Wildman–Crippen LogP) is 25.0. The number of hydrogen-bond donors (Lipinski definition) is 0. The summed E-state index contributed by atoms with van der Waals surface area (Å²) in [5, 5.41) is 0. The third kappa shape index (κ3) is 13.4. The number of ether oxygens (including phenoxy) is 6. The number of halogens is 2. The average Bonchev–Trinajstić information content (AvgIpc) is 1.54. The van der Waals surface area contributed by atoms with Gasteiger partial charge in [-0.2, -0.15) is 0 Å². The van der Waals surface area contributed by atoms with Gasteiger partial charge in [0.2, 0.25) is 0 Å². The van der Waals surface area contributed by atoms with Crippen molar-refractivity contribution in [3.05, 3.63) is 408 Å². The van der Waals surface area contributed by atoms with E-state index in [0.717, 1.165) is 146 Å². The van der Waals surface area contributed by atoms with Crippen molar-refractivity contribution in [3.8, 4) is 67.9 Å². The minimum Gasteiger partial charge on any atom is -0.491 e. The van der Waals surface area contributed by atoms with Crippen LogP contribution in [0.5, 0.6) is 34.5 Å². The Morgan fingerprint density at radius 1 is 0.296 bits per heavy atom. The summed E-state index contributed by atoms with van der Waals surface area (Å²) < 4.78 is 66.8. The number of anilines is 6. The molecule has 0 saturated heterocycles. The van der Waals surface area contributed by atoms with Crippen molar-refractivity contribution >= 4 is 46.3 Å². The summed E-state index contributed by atoms with van der Waals surface area (Å²) in [7, 11) is 0. The van der Waals surface area contributed by atoms with Gasteiger partial charge in [0.1, 0.15) is 59.3 Å². The normalized spacial score (nSPS) is 14.4. The van der Waals surface area contributed by atoms with E-state index in [1.165, 1.54) is 24.3 Å². The van der Waals surface area contributed by atoms with Crippen LogP contribution in [0.2, 0.25) is 0 Å². The summed E-state index contributed by atoms with van der Waals surface area (Å²) in [6.45, 7) is 14.9. The Morgan fingerprint density at radius 3 is 0.907 bits per heavy atom. The van der Waals surface area contributed by atoms with Crippen molar-refractivity contribution in [2.75, 3.05) is 49.4 Å². The van der Waals surface area contributed by atoms with E-state index in [4.69, 9.17) is 28.4 Å². The van der Waals surface area contributed by atoms with E-state index in [-0.39, 0.29) is 11.6 Å². The first-order chi connectivity index (χ1) is 53.1. The van der Waals surface area contributed by atoms with Crippen LogP contribution < -0.4 is 28.7 Å². The largest absolute Gasteiger partial charge is 0.491 e. The molecule has 14 aromatic rings. The van der Waals surface area contributed by atoms with Gasteiger partial charge in [0.15, 0.2) is 0 Å². The molecule has 0 N–H and O–H groups in total. The van der Waals surface area contributed by atoms with E-state index in [1.54, 1.807) is 0 Å². The maximum atomic E-state index is 15.1. The standard InChI is InChI=1S/C98H78F2N2O6/c1-5-67-17-47-85(48-18-67)107-87-55-29-73(30-56-87)97(71-25-51-83(52-26-71)105-63-61-103-7-3)93-15-11-9-13-89(93)91-59-45-81(65-95(91)97)101(79-41-33-75(99)34-42-79)77-37-21-69(22-38-77)70-23-39-78(40-24-70)102(80-43-35-76(100)36-44-80)82-46-60-92-90-14-10-12-16-94(90)98(96(92)66-82,72-27-53-84(54-28-72)106-64-62-104-8-4)74-31-57-88(58-32-74)108-86-49-19-68(6-2)20-50-86/h5-6,9-60,65-66H,1-2,7-8,61-64H2,3-4H3. The van der Waals surface area contributed by atoms with Crippen LogP contribution in [0.15, 0.2) is 341 Å². The highest BCUT2D eigenvalue weighted by atomic mass is 19.1. The zero-order chi connectivity index (χ0) is 73.6. The van der Waals surface area contributed by atoms with E-state index in [2.05, 4.69) is 205 Å². The minimum absolute atomic E-state index is 0.332. The quantitative estimate of drug-likeness (QED) is 0.0472. The molecule has 0 radical (unpaired) electrons. The van der Waals surface area contributed by atoms with Crippen LogP contribution in [0.3, 0.4) is 0 Å². The molecule has 530 valence electrons. The first kappa shape index (κ1) is 69.5. The zero-order valence-corrected chi connectivity index (χ0v) is 60.1. The topological polar surface area (TPSA) is 61.9 Å². The second kappa shape index (κ2) is 30.7. The molecule has 16 rings (SSSR count). The molecule has 0 bridgehead atoms. The summed E-state index contributed by atoms with van der Waals surface area (Å²) in [5.74, 6) is 3.68. The molecule has 2 unspecified atom stereocenters. The van der Waals surface area contributed by atoms with E-state index in [9.17, 15) is 0 Å². The molecule has 2 atom stereocenters. The monoisotopic (exact) mass is 1420 g/mol. The van der Waals surface area contributed by atoms with Gasteiger partial charge in [-0.1, -0.05) is 183 Å². The third-order valence-electron chi connectivity index (χ3n) is 20.6. The highest BCUT2D eigenvalue weighted by Gasteiger charge is 2.48. The number of benzene rings is 14. The highest BCUT2D eigenvalue weighted by molar-refractivity contribution is 5.92. The molecule has 108 heavy (non-hydrogen) atoms. The fourth-order valence-corrected chi connectivity index (χ4v) is 15.6. The van der Waals surface area contributed by atoms with Crippen LogP contribution in [0.1, 0.15) is 69.5 Å². The summed E-state index contributed by atoms with van der Waals surface area (Å²) in [6, 6.07) is 111. The first-order valence-electron chi connectivity index (χ1n) is 36.6. The lowest BCUT2D eigenvalue weighted by Gasteiger charge is -2.35. The summed E-state index contributed by atoms with van der Waals surface area (Å²) >= 11 is 0. The molecule has 0 amide bonds. The molecular weight excluding hydrogens is 1340 g/mol. The van der Waals surface area contributed by atoms with Crippen LogP contribution in [0.25, 0.3) is 45.5 Å². The maximum absolute atomic E-state index is 15.1. The smallest absolute Gasteiger partial charge is 0.127 e. The van der Waals surface area contributed by atoms with E-state index >= 15 is 8.78 Å². The summed E-state index contributed by atoms with van der Waals surface area (Å²) in [4.78, 5) is 4.38. The molecule has 0 aliphatic heterocycles. The molecule has 10 heteroatoms. The molecule has 2 aliphatic rings. The van der Waals surface area contributed by atoms with Crippen molar-refractivity contribution in [3.63, 3.8) is 0 Å². The van der Waals surface area contributed by atoms with E-state index in [0.29, 0.717) is 51.1 Å². The van der Waals surface area contributed by atoms with Crippen LogP contribution in [-0.2, 0) is 20.3 Å². The lowest BCUT2D eigenvalue weighted by Crippen LogP contribution is -2.28. The van der Waals surface area contributed by atoms with Gasteiger partial charge in [0, 0.05) is 47.3 Å². The second-order valence-corrected chi connectivity index (χ2v) is 26.7. The number of nitrogens with zero attached hydrogens (tertiary/aromatic N) is 2. The molecule has 0 spiro atoms. The fourth-order valence-electron chi connectivity index (χ4n) is 15.6. The molecular formula is C98H78F2N2O6. The molecule has 0 heterocycles. The van der Waals surface area contributed by atoms with Crippen LogP contribution >= 0.6 is 0 Å². The van der Waals surface area contributed by atoms with Gasteiger partial charge < -0.3 is 38.2 Å². The van der Waals surface area contributed by atoms with Crippen LogP contribution in [-0.4, -0.2) is 39.6 Å². The van der Waals surface area contributed by atoms with Crippen molar-refractivity contribution in [2.24, 2.45) is 0 Å². The van der Waals surface area contributed by atoms with E-state index < -0.39 is 10.8 Å². The average molecular weight is 1420 g/mol. The van der Waals surface area contributed by atoms with Crippen molar-refractivity contribution in [1.29, 1.82) is 0 Å². The second-order valence-electron chi connectivity index (χ2n) is 26.7. The van der Waals surface area contributed by atoms with Crippen molar-refractivity contribution in [1.82, 2.24) is 0 Å². The Labute approximate surface area is 629 Å². The maximum Gasteiger partial charge on any atom is 0.127 e. The highest BCUT2D eigenvalue weighted by Crippen LogP contribution is 2.60. The predicted molar refractivity (Wildman–Crippen MR) is 433 cm³/mol. The summed E-state index contributed by atoms with van der Waals surface area (Å²) in [6.07, 6.45) is 3.63. The first-order valence-corrected chi connectivity index (χ1v) is 36.6.